The molecule has 3 heteroatoms. The zero-order chi connectivity index (χ0) is 9.97. The van der Waals surface area contributed by atoms with Gasteiger partial charge in [0.05, 0.1) is 5.01 Å². The van der Waals surface area contributed by atoms with Gasteiger partial charge in [-0.2, -0.15) is 0 Å². The van der Waals surface area contributed by atoms with Gasteiger partial charge in [0, 0.05) is 17.5 Å². The molecule has 0 saturated heterocycles. The lowest BCUT2D eigenvalue weighted by atomic mass is 10.0. The van der Waals surface area contributed by atoms with Crippen LogP contribution in [0, 0.1) is 0 Å². The second-order valence-electron chi connectivity index (χ2n) is 3.18. The van der Waals surface area contributed by atoms with Gasteiger partial charge in [0.25, 0.3) is 0 Å². The third-order valence-electron chi connectivity index (χ3n) is 2.21. The van der Waals surface area contributed by atoms with E-state index in [1.54, 1.807) is 23.5 Å². The van der Waals surface area contributed by atoms with E-state index >= 15 is 0 Å². The molecule has 0 aliphatic rings. The summed E-state index contributed by atoms with van der Waals surface area (Å²) in [4.78, 5) is 4.27. The predicted octanol–water partition coefficient (Wildman–Crippen LogP) is 3.00. The summed E-state index contributed by atoms with van der Waals surface area (Å²) < 4.78 is 0. The van der Waals surface area contributed by atoms with Crippen LogP contribution in [0.5, 0.6) is 5.75 Å². The number of aromatic hydroxyl groups is 1. The Labute approximate surface area is 86.9 Å². The van der Waals surface area contributed by atoms with Gasteiger partial charge in [-0.3, -0.25) is 0 Å². The smallest absolute Gasteiger partial charge is 0.115 e. The van der Waals surface area contributed by atoms with Crippen LogP contribution in [0.2, 0.25) is 0 Å². The number of phenolic OH excluding ortho intramolecular Hbond substituents is 1. The summed E-state index contributed by atoms with van der Waals surface area (Å²) in [6, 6.07) is 7.28. The lowest BCUT2D eigenvalue weighted by molar-refractivity contribution is 0.475. The van der Waals surface area contributed by atoms with Crippen LogP contribution in [-0.4, -0.2) is 10.1 Å². The zero-order valence-corrected chi connectivity index (χ0v) is 8.66. The van der Waals surface area contributed by atoms with Crippen molar-refractivity contribution in [1.82, 2.24) is 4.98 Å². The van der Waals surface area contributed by atoms with Crippen molar-refractivity contribution < 1.29 is 5.11 Å². The average Bonchev–Trinajstić information content (AvgIpc) is 2.71. The molecule has 1 atom stereocenters. The van der Waals surface area contributed by atoms with Crippen LogP contribution < -0.4 is 0 Å². The minimum absolute atomic E-state index is 0.301. The molecule has 72 valence electrons. The van der Waals surface area contributed by atoms with E-state index in [9.17, 15) is 0 Å². The Bertz CT molecular complexity index is 394. The number of aromatic nitrogens is 1. The van der Waals surface area contributed by atoms with Crippen LogP contribution in [0.15, 0.2) is 35.8 Å². The lowest BCUT2D eigenvalue weighted by Crippen LogP contribution is -1.94. The fourth-order valence-electron chi connectivity index (χ4n) is 1.35. The number of benzene rings is 1. The van der Waals surface area contributed by atoms with Crippen molar-refractivity contribution in [3.63, 3.8) is 0 Å². The second-order valence-corrected chi connectivity index (χ2v) is 4.11. The van der Waals surface area contributed by atoms with Crippen LogP contribution in [-0.2, 0) is 0 Å². The molecule has 1 unspecified atom stereocenters. The summed E-state index contributed by atoms with van der Waals surface area (Å²) >= 11 is 1.66. The van der Waals surface area contributed by atoms with Gasteiger partial charge in [0.15, 0.2) is 0 Å². The van der Waals surface area contributed by atoms with Crippen molar-refractivity contribution >= 4 is 11.3 Å². The standard InChI is InChI=1S/C11H11NOS/c1-8(11-12-6-7-14-11)9-2-4-10(13)5-3-9/h2-8,13H,1H3. The maximum Gasteiger partial charge on any atom is 0.115 e. The number of nitrogens with zero attached hydrogens (tertiary/aromatic N) is 1. The van der Waals surface area contributed by atoms with Gasteiger partial charge in [-0.05, 0) is 17.7 Å². The topological polar surface area (TPSA) is 33.1 Å². The second kappa shape index (κ2) is 3.80. The summed E-state index contributed by atoms with van der Waals surface area (Å²) in [5.74, 6) is 0.607. The van der Waals surface area contributed by atoms with E-state index in [4.69, 9.17) is 5.11 Å². The van der Waals surface area contributed by atoms with Gasteiger partial charge in [-0.1, -0.05) is 19.1 Å². The van der Waals surface area contributed by atoms with Crippen LogP contribution in [0.1, 0.15) is 23.4 Å². The maximum atomic E-state index is 9.16. The van der Waals surface area contributed by atoms with Crippen molar-refractivity contribution in [1.29, 1.82) is 0 Å². The number of rotatable bonds is 2. The molecule has 0 radical (unpaired) electrons. The van der Waals surface area contributed by atoms with Crippen molar-refractivity contribution in [3.05, 3.63) is 46.4 Å². The summed E-state index contributed by atoms with van der Waals surface area (Å²) in [6.07, 6.45) is 1.82. The molecule has 1 N–H and O–H groups in total. The van der Waals surface area contributed by atoms with Crippen LogP contribution in [0.25, 0.3) is 0 Å². The first kappa shape index (κ1) is 9.21. The summed E-state index contributed by atoms with van der Waals surface area (Å²) in [7, 11) is 0. The minimum atomic E-state index is 0.301. The first-order chi connectivity index (χ1) is 6.77. The van der Waals surface area contributed by atoms with E-state index < -0.39 is 0 Å². The number of hydrogen-bond donors (Lipinski definition) is 1. The first-order valence-corrected chi connectivity index (χ1v) is 5.33. The van der Waals surface area contributed by atoms with E-state index in [0.717, 1.165) is 5.01 Å². The fourth-order valence-corrected chi connectivity index (χ4v) is 2.08. The molecule has 0 aliphatic carbocycles. The molecule has 2 rings (SSSR count). The quantitative estimate of drug-likeness (QED) is 0.817. The monoisotopic (exact) mass is 205 g/mol. The molecule has 0 spiro atoms. The van der Waals surface area contributed by atoms with Crippen LogP contribution >= 0.6 is 11.3 Å². The van der Waals surface area contributed by atoms with E-state index in [2.05, 4.69) is 11.9 Å². The Morgan fingerprint density at radius 3 is 2.57 bits per heavy atom. The van der Waals surface area contributed by atoms with Crippen LogP contribution in [0.4, 0.5) is 0 Å². The molecule has 0 fully saturated rings. The predicted molar refractivity (Wildman–Crippen MR) is 57.7 cm³/mol. The molecule has 14 heavy (non-hydrogen) atoms. The molecule has 0 bridgehead atoms. The van der Waals surface area contributed by atoms with Gasteiger partial charge < -0.3 is 5.11 Å². The van der Waals surface area contributed by atoms with Crippen molar-refractivity contribution in [3.8, 4) is 5.75 Å². The molecule has 1 aromatic heterocycles. The van der Waals surface area contributed by atoms with Gasteiger partial charge in [-0.25, -0.2) is 4.98 Å². The van der Waals surface area contributed by atoms with E-state index in [1.807, 2.05) is 23.7 Å². The Balaban J connectivity index is 2.28. The SMILES string of the molecule is CC(c1ccc(O)cc1)c1nccs1. The van der Waals surface area contributed by atoms with E-state index in [-0.39, 0.29) is 0 Å². The molecule has 2 nitrogen and oxygen atoms in total. The van der Waals surface area contributed by atoms with Crippen molar-refractivity contribution in [2.75, 3.05) is 0 Å². The highest BCUT2D eigenvalue weighted by Gasteiger charge is 2.09. The first-order valence-electron chi connectivity index (χ1n) is 4.45. The van der Waals surface area contributed by atoms with Gasteiger partial charge in [-0.15, -0.1) is 11.3 Å². The average molecular weight is 205 g/mol. The molecule has 0 saturated carbocycles. The molecular weight excluding hydrogens is 194 g/mol. The third-order valence-corrected chi connectivity index (χ3v) is 3.17. The Kier molecular flexibility index (Phi) is 2.50. The largest absolute Gasteiger partial charge is 0.508 e. The minimum Gasteiger partial charge on any atom is -0.508 e. The van der Waals surface area contributed by atoms with Crippen molar-refractivity contribution in [2.45, 2.75) is 12.8 Å². The normalized spacial score (nSPS) is 12.6. The van der Waals surface area contributed by atoms with Gasteiger partial charge in [0.2, 0.25) is 0 Å². The zero-order valence-electron chi connectivity index (χ0n) is 7.84. The summed E-state index contributed by atoms with van der Waals surface area (Å²) in [5, 5.41) is 12.2. The Morgan fingerprint density at radius 1 is 1.29 bits per heavy atom. The molecule has 0 aliphatic heterocycles. The summed E-state index contributed by atoms with van der Waals surface area (Å²) in [6.45, 7) is 2.12. The summed E-state index contributed by atoms with van der Waals surface area (Å²) in [5.41, 5.74) is 1.18. The Morgan fingerprint density at radius 2 is 2.00 bits per heavy atom. The third kappa shape index (κ3) is 1.77. The molecule has 1 heterocycles. The molecular formula is C11H11NOS. The number of thiazole rings is 1. The molecule has 1 aromatic carbocycles. The van der Waals surface area contributed by atoms with Gasteiger partial charge in [0.1, 0.15) is 5.75 Å². The number of phenols is 1. The Hall–Kier alpha value is -1.35. The van der Waals surface area contributed by atoms with Crippen molar-refractivity contribution in [2.24, 2.45) is 0 Å². The van der Waals surface area contributed by atoms with Crippen LogP contribution in [0.3, 0.4) is 0 Å². The highest BCUT2D eigenvalue weighted by atomic mass is 32.1. The fraction of sp³-hybridized carbons (Fsp3) is 0.182. The van der Waals surface area contributed by atoms with E-state index in [1.165, 1.54) is 5.56 Å². The number of hydrogen-bond acceptors (Lipinski definition) is 3. The van der Waals surface area contributed by atoms with E-state index in [0.29, 0.717) is 11.7 Å². The van der Waals surface area contributed by atoms with Gasteiger partial charge >= 0.3 is 0 Å². The highest BCUT2D eigenvalue weighted by molar-refractivity contribution is 7.09. The molecule has 2 aromatic rings. The lowest BCUT2D eigenvalue weighted by Gasteiger charge is -2.08. The molecule has 0 amide bonds. The maximum absolute atomic E-state index is 9.16. The highest BCUT2D eigenvalue weighted by Crippen LogP contribution is 2.26.